The summed E-state index contributed by atoms with van der Waals surface area (Å²) in [5.41, 5.74) is 6.89. The van der Waals surface area contributed by atoms with Gasteiger partial charge in [0.2, 0.25) is 0 Å². The van der Waals surface area contributed by atoms with Crippen molar-refractivity contribution in [2.45, 2.75) is 20.3 Å². The summed E-state index contributed by atoms with van der Waals surface area (Å²) in [7, 11) is 0. The van der Waals surface area contributed by atoms with Crippen LogP contribution in [-0.4, -0.2) is 9.55 Å². The molecule has 0 unspecified atom stereocenters. The van der Waals surface area contributed by atoms with E-state index in [9.17, 15) is 0 Å². The van der Waals surface area contributed by atoms with E-state index in [4.69, 9.17) is 4.98 Å². The first-order chi connectivity index (χ1) is 11.6. The van der Waals surface area contributed by atoms with Crippen LogP contribution >= 0.6 is 0 Å². The van der Waals surface area contributed by atoms with Crippen LogP contribution in [0, 0.1) is 13.8 Å². The van der Waals surface area contributed by atoms with E-state index in [1.54, 1.807) is 6.08 Å². The highest BCUT2D eigenvalue weighted by Crippen LogP contribution is 2.26. The number of para-hydroxylation sites is 1. The van der Waals surface area contributed by atoms with E-state index < -0.39 is 0 Å². The van der Waals surface area contributed by atoms with Crippen LogP contribution in [0.1, 0.15) is 17.0 Å². The first-order valence-electron chi connectivity index (χ1n) is 8.12. The van der Waals surface area contributed by atoms with Crippen LogP contribution in [0.3, 0.4) is 0 Å². The molecule has 0 N–H and O–H groups in total. The van der Waals surface area contributed by atoms with Crippen LogP contribution in [-0.2, 0) is 6.42 Å². The van der Waals surface area contributed by atoms with E-state index in [0.717, 1.165) is 28.9 Å². The minimum absolute atomic E-state index is 0.720. The Hall–Kier alpha value is -2.87. The van der Waals surface area contributed by atoms with E-state index in [1.165, 1.54) is 16.8 Å². The molecule has 1 heterocycles. The zero-order valence-electron chi connectivity index (χ0n) is 14.3. The molecule has 24 heavy (non-hydrogen) atoms. The number of imidazole rings is 1. The van der Waals surface area contributed by atoms with E-state index in [-0.39, 0.29) is 0 Å². The number of rotatable bonds is 5. The van der Waals surface area contributed by atoms with Crippen molar-refractivity contribution in [1.29, 1.82) is 0 Å². The Morgan fingerprint density at radius 2 is 1.92 bits per heavy atom. The monoisotopic (exact) mass is 314 g/mol. The number of aromatic nitrogens is 2. The van der Waals surface area contributed by atoms with Gasteiger partial charge in [-0.2, -0.15) is 0 Å². The van der Waals surface area contributed by atoms with Crippen molar-refractivity contribution in [1.82, 2.24) is 9.55 Å². The van der Waals surface area contributed by atoms with Gasteiger partial charge in [0.05, 0.1) is 16.7 Å². The number of benzene rings is 2. The third-order valence-electron chi connectivity index (χ3n) is 4.19. The summed E-state index contributed by atoms with van der Waals surface area (Å²) in [6, 6.07) is 14.8. The molecule has 2 aromatic carbocycles. The standard InChI is InChI=1S/C22H22N2/c1-5-9-18(6-2)15-22-23-19-13-12-16(3)14-21(19)24(22)20-11-8-7-10-17(20)4/h5-14H,1-2,15H2,3-4H3. The van der Waals surface area contributed by atoms with E-state index in [2.05, 4.69) is 74.0 Å². The van der Waals surface area contributed by atoms with Crippen molar-refractivity contribution in [3.8, 4) is 5.69 Å². The molecule has 0 aliphatic carbocycles. The van der Waals surface area contributed by atoms with Crippen molar-refractivity contribution >= 4 is 11.0 Å². The maximum Gasteiger partial charge on any atom is 0.118 e. The van der Waals surface area contributed by atoms with Gasteiger partial charge in [-0.3, -0.25) is 4.57 Å². The van der Waals surface area contributed by atoms with Gasteiger partial charge in [0.25, 0.3) is 0 Å². The Morgan fingerprint density at radius 3 is 2.62 bits per heavy atom. The average molecular weight is 314 g/mol. The van der Waals surface area contributed by atoms with E-state index >= 15 is 0 Å². The van der Waals surface area contributed by atoms with Crippen molar-refractivity contribution in [3.63, 3.8) is 0 Å². The zero-order chi connectivity index (χ0) is 17.1. The van der Waals surface area contributed by atoms with Gasteiger partial charge in [-0.15, -0.1) is 0 Å². The highest BCUT2D eigenvalue weighted by Gasteiger charge is 2.14. The summed E-state index contributed by atoms with van der Waals surface area (Å²) in [5.74, 6) is 1.01. The molecule has 0 radical (unpaired) electrons. The molecule has 2 nitrogen and oxygen atoms in total. The minimum atomic E-state index is 0.720. The van der Waals surface area contributed by atoms with Crippen LogP contribution in [0.25, 0.3) is 16.7 Å². The Morgan fingerprint density at radius 1 is 1.12 bits per heavy atom. The molecule has 0 amide bonds. The van der Waals surface area contributed by atoms with Crippen LogP contribution in [0.2, 0.25) is 0 Å². The first kappa shape index (κ1) is 16.0. The third-order valence-corrected chi connectivity index (χ3v) is 4.19. The van der Waals surface area contributed by atoms with Crippen molar-refractivity contribution in [2.24, 2.45) is 0 Å². The number of fused-ring (bicyclic) bond motifs is 1. The fourth-order valence-corrected chi connectivity index (χ4v) is 2.97. The Kier molecular flexibility index (Phi) is 4.48. The molecular formula is C22H22N2. The lowest BCUT2D eigenvalue weighted by Gasteiger charge is -2.12. The fourth-order valence-electron chi connectivity index (χ4n) is 2.97. The molecule has 0 aliphatic heterocycles. The first-order valence-corrected chi connectivity index (χ1v) is 8.12. The second-order valence-corrected chi connectivity index (χ2v) is 6.00. The SMILES string of the molecule is C=CC=C(C=C)Cc1nc2ccc(C)cc2n1-c1ccccc1C. The molecule has 1 aromatic heterocycles. The summed E-state index contributed by atoms with van der Waals surface area (Å²) >= 11 is 0. The summed E-state index contributed by atoms with van der Waals surface area (Å²) in [6.07, 6.45) is 6.37. The molecule has 3 rings (SSSR count). The molecule has 0 spiro atoms. The second kappa shape index (κ2) is 6.71. The number of hydrogen-bond acceptors (Lipinski definition) is 1. The number of aryl methyl sites for hydroxylation is 2. The smallest absolute Gasteiger partial charge is 0.118 e. The van der Waals surface area contributed by atoms with Gasteiger partial charge in [-0.1, -0.05) is 55.7 Å². The lowest BCUT2D eigenvalue weighted by molar-refractivity contribution is 0.926. The van der Waals surface area contributed by atoms with Gasteiger partial charge in [-0.25, -0.2) is 4.98 Å². The average Bonchev–Trinajstić information content (AvgIpc) is 2.92. The second-order valence-electron chi connectivity index (χ2n) is 6.00. The summed E-state index contributed by atoms with van der Waals surface area (Å²) < 4.78 is 2.26. The van der Waals surface area contributed by atoms with Crippen LogP contribution in [0.5, 0.6) is 0 Å². The molecular weight excluding hydrogens is 292 g/mol. The van der Waals surface area contributed by atoms with Crippen molar-refractivity contribution in [2.75, 3.05) is 0 Å². The molecule has 0 aliphatic rings. The van der Waals surface area contributed by atoms with Gasteiger partial charge in [0.1, 0.15) is 5.82 Å². The summed E-state index contributed by atoms with van der Waals surface area (Å²) in [5, 5.41) is 0. The van der Waals surface area contributed by atoms with Gasteiger partial charge < -0.3 is 0 Å². The number of nitrogens with zero attached hydrogens (tertiary/aromatic N) is 2. The predicted molar refractivity (Wildman–Crippen MR) is 103 cm³/mol. The Balaban J connectivity index is 2.27. The molecule has 0 atom stereocenters. The van der Waals surface area contributed by atoms with Crippen molar-refractivity contribution < 1.29 is 0 Å². The minimum Gasteiger partial charge on any atom is -0.296 e. The predicted octanol–water partition coefficient (Wildman–Crippen LogP) is 5.48. The molecule has 3 aromatic rings. The quantitative estimate of drug-likeness (QED) is 0.570. The molecule has 120 valence electrons. The molecule has 0 saturated carbocycles. The van der Waals surface area contributed by atoms with Gasteiger partial charge in [0, 0.05) is 6.42 Å². The molecule has 0 bridgehead atoms. The van der Waals surface area contributed by atoms with Gasteiger partial charge in [-0.05, 0) is 48.7 Å². The lowest BCUT2D eigenvalue weighted by atomic mass is 10.1. The topological polar surface area (TPSA) is 17.8 Å². The summed E-state index contributed by atoms with van der Waals surface area (Å²) in [4.78, 5) is 4.88. The van der Waals surface area contributed by atoms with Gasteiger partial charge in [0.15, 0.2) is 0 Å². The zero-order valence-corrected chi connectivity index (χ0v) is 14.3. The maximum atomic E-state index is 4.88. The van der Waals surface area contributed by atoms with Crippen LogP contribution in [0.15, 0.2) is 79.4 Å². The normalized spacial score (nSPS) is 11.7. The maximum absolute atomic E-state index is 4.88. The highest BCUT2D eigenvalue weighted by molar-refractivity contribution is 5.79. The largest absolute Gasteiger partial charge is 0.296 e. The van der Waals surface area contributed by atoms with Gasteiger partial charge >= 0.3 is 0 Å². The van der Waals surface area contributed by atoms with Crippen molar-refractivity contribution in [3.05, 3.63) is 96.4 Å². The molecule has 2 heteroatoms. The summed E-state index contributed by atoms with van der Waals surface area (Å²) in [6.45, 7) is 11.9. The third kappa shape index (κ3) is 2.95. The molecule has 0 saturated heterocycles. The Bertz CT molecular complexity index is 942. The Labute approximate surface area is 143 Å². The highest BCUT2D eigenvalue weighted by atomic mass is 15.1. The number of hydrogen-bond donors (Lipinski definition) is 0. The van der Waals surface area contributed by atoms with Crippen LogP contribution in [0.4, 0.5) is 0 Å². The van der Waals surface area contributed by atoms with E-state index in [1.807, 2.05) is 12.2 Å². The van der Waals surface area contributed by atoms with Crippen LogP contribution < -0.4 is 0 Å². The van der Waals surface area contributed by atoms with E-state index in [0.29, 0.717) is 0 Å². The fraction of sp³-hybridized carbons (Fsp3) is 0.136. The molecule has 0 fully saturated rings. The number of allylic oxidation sites excluding steroid dienone is 4. The lowest BCUT2D eigenvalue weighted by Crippen LogP contribution is -2.04.